The van der Waals surface area contributed by atoms with Crippen LogP contribution in [0.15, 0.2) is 0 Å². The van der Waals surface area contributed by atoms with Gasteiger partial charge in [0.05, 0.1) is 0 Å². The summed E-state index contributed by atoms with van der Waals surface area (Å²) in [5.74, 6) is 0. The average Bonchev–Trinajstić information content (AvgIpc) is 2.48. The number of nitrogens with one attached hydrogen (secondary N) is 1. The van der Waals surface area contributed by atoms with Gasteiger partial charge in [0.25, 0.3) is 0 Å². The van der Waals surface area contributed by atoms with Gasteiger partial charge in [0.2, 0.25) is 0 Å². The van der Waals surface area contributed by atoms with Gasteiger partial charge in [-0.3, -0.25) is 4.90 Å². The summed E-state index contributed by atoms with van der Waals surface area (Å²) in [5.41, 5.74) is 0.239. The molecule has 3 heteroatoms. The molecule has 1 rings (SSSR count). The van der Waals surface area contributed by atoms with Crippen LogP contribution in [0.1, 0.15) is 53.9 Å². The van der Waals surface area contributed by atoms with Crippen LogP contribution >= 0.6 is 0 Å². The molecule has 19 heavy (non-hydrogen) atoms. The monoisotopic (exact) mass is 269 g/mol. The van der Waals surface area contributed by atoms with Crippen molar-refractivity contribution in [2.45, 2.75) is 71.5 Å². The highest BCUT2D eigenvalue weighted by atomic mass is 15.2. The first-order valence-corrected chi connectivity index (χ1v) is 8.03. The van der Waals surface area contributed by atoms with E-state index in [1.807, 2.05) is 0 Å². The second-order valence-corrected chi connectivity index (χ2v) is 7.23. The summed E-state index contributed by atoms with van der Waals surface area (Å²) in [4.78, 5) is 5.24. The van der Waals surface area contributed by atoms with Crippen LogP contribution in [0.4, 0.5) is 0 Å². The van der Waals surface area contributed by atoms with Gasteiger partial charge in [0, 0.05) is 24.2 Å². The molecule has 1 aliphatic rings. The van der Waals surface area contributed by atoms with E-state index >= 15 is 0 Å². The third-order valence-corrected chi connectivity index (χ3v) is 4.20. The minimum Gasteiger partial charge on any atom is -0.312 e. The highest BCUT2D eigenvalue weighted by Gasteiger charge is 2.25. The molecule has 2 unspecified atom stereocenters. The predicted molar refractivity (Wildman–Crippen MR) is 84.7 cm³/mol. The zero-order chi connectivity index (χ0) is 14.5. The normalized spacial score (nSPS) is 25.3. The van der Waals surface area contributed by atoms with Crippen molar-refractivity contribution in [3.63, 3.8) is 0 Å². The van der Waals surface area contributed by atoms with E-state index in [9.17, 15) is 0 Å². The number of hydrogen-bond donors (Lipinski definition) is 1. The number of likely N-dealkylation sites (N-methyl/N-ethyl adjacent to an activating group) is 1. The van der Waals surface area contributed by atoms with Crippen molar-refractivity contribution >= 4 is 0 Å². The average molecular weight is 269 g/mol. The van der Waals surface area contributed by atoms with Gasteiger partial charge in [-0.05, 0) is 73.6 Å². The number of hydrogen-bond acceptors (Lipinski definition) is 3. The lowest BCUT2D eigenvalue weighted by molar-refractivity contribution is 0.129. The molecule has 3 nitrogen and oxygen atoms in total. The van der Waals surface area contributed by atoms with Gasteiger partial charge in [-0.25, -0.2) is 0 Å². The quantitative estimate of drug-likeness (QED) is 0.827. The van der Waals surface area contributed by atoms with E-state index in [-0.39, 0.29) is 5.54 Å². The molecule has 0 aromatic carbocycles. The maximum atomic E-state index is 3.61. The Kier molecular flexibility index (Phi) is 6.78. The van der Waals surface area contributed by atoms with Crippen LogP contribution in [0, 0.1) is 0 Å². The Morgan fingerprint density at radius 3 is 2.53 bits per heavy atom. The van der Waals surface area contributed by atoms with Gasteiger partial charge in [-0.2, -0.15) is 0 Å². The van der Waals surface area contributed by atoms with E-state index in [0.717, 1.165) is 12.6 Å². The SMILES string of the molecule is CCC1CN(C)CCCN1C(C)CCNC(C)(C)C. The molecule has 114 valence electrons. The summed E-state index contributed by atoms with van der Waals surface area (Å²) in [6.07, 6.45) is 3.82. The number of rotatable bonds is 5. The topological polar surface area (TPSA) is 18.5 Å². The Hall–Kier alpha value is -0.120. The molecule has 2 atom stereocenters. The molecule has 0 bridgehead atoms. The van der Waals surface area contributed by atoms with E-state index in [1.165, 1.54) is 38.9 Å². The van der Waals surface area contributed by atoms with Gasteiger partial charge in [0.15, 0.2) is 0 Å². The van der Waals surface area contributed by atoms with Crippen molar-refractivity contribution in [1.82, 2.24) is 15.1 Å². The van der Waals surface area contributed by atoms with Crippen molar-refractivity contribution in [2.75, 3.05) is 33.2 Å². The fourth-order valence-electron chi connectivity index (χ4n) is 3.03. The zero-order valence-corrected chi connectivity index (χ0v) is 14.0. The molecular formula is C16H35N3. The Bertz CT molecular complexity index is 247. The Labute approximate surface area is 120 Å². The molecule has 0 aliphatic carbocycles. The Balaban J connectivity index is 2.46. The Morgan fingerprint density at radius 2 is 1.95 bits per heavy atom. The van der Waals surface area contributed by atoms with Crippen LogP contribution in [-0.4, -0.2) is 60.6 Å². The second kappa shape index (κ2) is 7.61. The lowest BCUT2D eigenvalue weighted by atomic mass is 10.1. The van der Waals surface area contributed by atoms with Crippen LogP contribution in [-0.2, 0) is 0 Å². The molecular weight excluding hydrogens is 234 g/mol. The molecule has 0 spiro atoms. The van der Waals surface area contributed by atoms with E-state index in [0.29, 0.717) is 6.04 Å². The first-order valence-electron chi connectivity index (χ1n) is 8.03. The van der Waals surface area contributed by atoms with Crippen molar-refractivity contribution < 1.29 is 0 Å². The van der Waals surface area contributed by atoms with Crippen LogP contribution in [0.3, 0.4) is 0 Å². The molecule has 0 amide bonds. The van der Waals surface area contributed by atoms with E-state index in [2.05, 4.69) is 56.8 Å². The molecule has 1 fully saturated rings. The smallest absolute Gasteiger partial charge is 0.0223 e. The summed E-state index contributed by atoms with van der Waals surface area (Å²) in [6, 6.07) is 1.42. The third-order valence-electron chi connectivity index (χ3n) is 4.20. The van der Waals surface area contributed by atoms with Gasteiger partial charge >= 0.3 is 0 Å². The van der Waals surface area contributed by atoms with Gasteiger partial charge in [-0.15, -0.1) is 0 Å². The Morgan fingerprint density at radius 1 is 1.26 bits per heavy atom. The van der Waals surface area contributed by atoms with Crippen LogP contribution in [0.2, 0.25) is 0 Å². The number of nitrogens with zero attached hydrogens (tertiary/aromatic N) is 2. The standard InChI is InChI=1S/C16H35N3/c1-7-15-13-18(6)11-8-12-19(15)14(2)9-10-17-16(3,4)5/h14-15,17H,7-13H2,1-6H3. The minimum atomic E-state index is 0.239. The minimum absolute atomic E-state index is 0.239. The second-order valence-electron chi connectivity index (χ2n) is 7.23. The molecule has 0 aromatic rings. The third kappa shape index (κ3) is 6.24. The molecule has 1 saturated heterocycles. The summed E-state index contributed by atoms with van der Waals surface area (Å²) in [6.45, 7) is 16.3. The zero-order valence-electron chi connectivity index (χ0n) is 14.0. The van der Waals surface area contributed by atoms with Crippen LogP contribution in [0.25, 0.3) is 0 Å². The molecule has 0 radical (unpaired) electrons. The summed E-state index contributed by atoms with van der Waals surface area (Å²) < 4.78 is 0. The maximum absolute atomic E-state index is 3.61. The molecule has 1 heterocycles. The maximum Gasteiger partial charge on any atom is 0.0223 e. The lowest BCUT2D eigenvalue weighted by Gasteiger charge is -2.36. The van der Waals surface area contributed by atoms with Gasteiger partial charge < -0.3 is 10.2 Å². The van der Waals surface area contributed by atoms with Crippen molar-refractivity contribution in [3.05, 3.63) is 0 Å². The first kappa shape index (κ1) is 16.9. The van der Waals surface area contributed by atoms with E-state index in [1.54, 1.807) is 0 Å². The predicted octanol–water partition coefficient (Wildman–Crippen LogP) is 2.57. The lowest BCUT2D eigenvalue weighted by Crippen LogP contribution is -2.46. The largest absolute Gasteiger partial charge is 0.312 e. The summed E-state index contributed by atoms with van der Waals surface area (Å²) in [5, 5.41) is 3.61. The molecule has 0 aromatic heterocycles. The fraction of sp³-hybridized carbons (Fsp3) is 1.00. The molecule has 1 N–H and O–H groups in total. The fourth-order valence-corrected chi connectivity index (χ4v) is 3.03. The van der Waals surface area contributed by atoms with Gasteiger partial charge in [-0.1, -0.05) is 6.92 Å². The van der Waals surface area contributed by atoms with E-state index < -0.39 is 0 Å². The van der Waals surface area contributed by atoms with Crippen molar-refractivity contribution in [1.29, 1.82) is 0 Å². The molecule has 0 saturated carbocycles. The van der Waals surface area contributed by atoms with Crippen LogP contribution < -0.4 is 5.32 Å². The first-order chi connectivity index (χ1) is 8.83. The summed E-state index contributed by atoms with van der Waals surface area (Å²) >= 11 is 0. The van der Waals surface area contributed by atoms with E-state index in [4.69, 9.17) is 0 Å². The molecule has 1 aliphatic heterocycles. The highest BCUT2D eigenvalue weighted by molar-refractivity contribution is 4.82. The van der Waals surface area contributed by atoms with Crippen molar-refractivity contribution in [2.24, 2.45) is 0 Å². The highest BCUT2D eigenvalue weighted by Crippen LogP contribution is 2.17. The van der Waals surface area contributed by atoms with Gasteiger partial charge in [0.1, 0.15) is 0 Å². The van der Waals surface area contributed by atoms with Crippen LogP contribution in [0.5, 0.6) is 0 Å². The van der Waals surface area contributed by atoms with Crippen molar-refractivity contribution in [3.8, 4) is 0 Å². The summed E-state index contributed by atoms with van der Waals surface area (Å²) in [7, 11) is 2.26.